The summed E-state index contributed by atoms with van der Waals surface area (Å²) in [5.41, 5.74) is 2.04. The number of amides is 1. The van der Waals surface area contributed by atoms with Gasteiger partial charge in [-0.15, -0.1) is 0 Å². The number of halogens is 1. The lowest BCUT2D eigenvalue weighted by Gasteiger charge is -2.42. The second kappa shape index (κ2) is 7.03. The maximum absolute atomic E-state index is 12.9. The largest absolute Gasteiger partial charge is 0.351 e. The molecular formula is C20H22FN3O2. The SMILES string of the molecule is O=C(CN1CC2CC(C1)c1cccc(=O)n1C2)NCc1ccc(F)cc1. The minimum Gasteiger partial charge on any atom is -0.351 e. The zero-order valence-corrected chi connectivity index (χ0v) is 14.5. The number of pyridine rings is 1. The van der Waals surface area contributed by atoms with Crippen molar-refractivity contribution in [3.8, 4) is 0 Å². The van der Waals surface area contributed by atoms with Gasteiger partial charge < -0.3 is 9.88 Å². The summed E-state index contributed by atoms with van der Waals surface area (Å²) in [4.78, 5) is 26.5. The predicted octanol–water partition coefficient (Wildman–Crippen LogP) is 1.72. The van der Waals surface area contributed by atoms with Gasteiger partial charge in [-0.3, -0.25) is 14.5 Å². The molecule has 4 rings (SSSR count). The molecule has 2 unspecified atom stereocenters. The summed E-state index contributed by atoms with van der Waals surface area (Å²) in [6, 6.07) is 11.6. The number of hydrogen-bond donors (Lipinski definition) is 1. The van der Waals surface area contributed by atoms with E-state index in [0.717, 1.165) is 37.3 Å². The Morgan fingerprint density at radius 2 is 1.92 bits per heavy atom. The molecule has 0 aliphatic carbocycles. The summed E-state index contributed by atoms with van der Waals surface area (Å²) in [5, 5.41) is 2.90. The van der Waals surface area contributed by atoms with E-state index >= 15 is 0 Å². The number of likely N-dealkylation sites (tertiary alicyclic amines) is 1. The van der Waals surface area contributed by atoms with Crippen LogP contribution in [0, 0.1) is 11.7 Å². The van der Waals surface area contributed by atoms with Crippen LogP contribution in [0.2, 0.25) is 0 Å². The minimum absolute atomic E-state index is 0.0280. The van der Waals surface area contributed by atoms with Gasteiger partial charge in [-0.1, -0.05) is 18.2 Å². The van der Waals surface area contributed by atoms with Crippen LogP contribution in [-0.4, -0.2) is 35.0 Å². The maximum atomic E-state index is 12.9. The van der Waals surface area contributed by atoms with Crippen molar-refractivity contribution in [3.05, 3.63) is 69.9 Å². The number of nitrogens with one attached hydrogen (secondary N) is 1. The van der Waals surface area contributed by atoms with E-state index in [-0.39, 0.29) is 17.3 Å². The van der Waals surface area contributed by atoms with E-state index in [9.17, 15) is 14.0 Å². The van der Waals surface area contributed by atoms with Gasteiger partial charge in [0.25, 0.3) is 5.56 Å². The highest BCUT2D eigenvalue weighted by atomic mass is 19.1. The molecule has 1 amide bonds. The summed E-state index contributed by atoms with van der Waals surface area (Å²) >= 11 is 0. The lowest BCUT2D eigenvalue weighted by atomic mass is 9.83. The number of rotatable bonds is 4. The average Bonchev–Trinajstić information content (AvgIpc) is 2.62. The first-order chi connectivity index (χ1) is 12.6. The van der Waals surface area contributed by atoms with Crippen molar-refractivity contribution in [3.63, 3.8) is 0 Å². The molecule has 1 N–H and O–H groups in total. The van der Waals surface area contributed by atoms with E-state index in [1.54, 1.807) is 18.2 Å². The summed E-state index contributed by atoms with van der Waals surface area (Å²) in [7, 11) is 0. The molecule has 1 aromatic heterocycles. The Morgan fingerprint density at radius 3 is 2.73 bits per heavy atom. The van der Waals surface area contributed by atoms with Crippen molar-refractivity contribution in [1.82, 2.24) is 14.8 Å². The first-order valence-electron chi connectivity index (χ1n) is 9.02. The van der Waals surface area contributed by atoms with Crippen LogP contribution in [0.5, 0.6) is 0 Å². The molecule has 2 bridgehead atoms. The van der Waals surface area contributed by atoms with Crippen LogP contribution < -0.4 is 10.9 Å². The van der Waals surface area contributed by atoms with Crippen molar-refractivity contribution in [2.24, 2.45) is 5.92 Å². The molecule has 1 fully saturated rings. The normalized spacial score (nSPS) is 21.9. The number of benzene rings is 1. The highest BCUT2D eigenvalue weighted by Gasteiger charge is 2.34. The third-order valence-corrected chi connectivity index (χ3v) is 5.33. The van der Waals surface area contributed by atoms with E-state index in [1.807, 2.05) is 16.7 Å². The summed E-state index contributed by atoms with van der Waals surface area (Å²) in [6.45, 7) is 3.12. The molecule has 2 aromatic rings. The van der Waals surface area contributed by atoms with Gasteiger partial charge in [0.2, 0.25) is 5.91 Å². The number of carbonyl (C=O) groups is 1. The maximum Gasteiger partial charge on any atom is 0.250 e. The van der Waals surface area contributed by atoms with Gasteiger partial charge in [0.15, 0.2) is 0 Å². The molecule has 2 atom stereocenters. The number of piperidine rings is 1. The Kier molecular flexibility index (Phi) is 4.59. The van der Waals surface area contributed by atoms with Gasteiger partial charge in [0.1, 0.15) is 5.82 Å². The molecule has 1 aromatic carbocycles. The fourth-order valence-electron chi connectivity index (χ4n) is 4.19. The van der Waals surface area contributed by atoms with E-state index in [0.29, 0.717) is 24.9 Å². The Labute approximate surface area is 151 Å². The summed E-state index contributed by atoms with van der Waals surface area (Å²) in [5.74, 6) is 0.409. The van der Waals surface area contributed by atoms with Crippen LogP contribution in [0.3, 0.4) is 0 Å². The molecule has 0 radical (unpaired) electrons. The number of fused-ring (bicyclic) bond motifs is 4. The second-order valence-electron chi connectivity index (χ2n) is 7.30. The lowest BCUT2D eigenvalue weighted by molar-refractivity contribution is -0.123. The number of nitrogens with zero attached hydrogens (tertiary/aromatic N) is 2. The van der Waals surface area contributed by atoms with Crippen LogP contribution in [-0.2, 0) is 17.9 Å². The van der Waals surface area contributed by atoms with Gasteiger partial charge in [0, 0.05) is 43.9 Å². The highest BCUT2D eigenvalue weighted by Crippen LogP contribution is 2.34. The van der Waals surface area contributed by atoms with E-state index in [4.69, 9.17) is 0 Å². The fourth-order valence-corrected chi connectivity index (χ4v) is 4.19. The molecule has 1 saturated heterocycles. The van der Waals surface area contributed by atoms with Crippen LogP contribution in [0.15, 0.2) is 47.3 Å². The van der Waals surface area contributed by atoms with Gasteiger partial charge in [-0.25, -0.2) is 4.39 Å². The van der Waals surface area contributed by atoms with Crippen molar-refractivity contribution < 1.29 is 9.18 Å². The molecule has 6 heteroatoms. The zero-order valence-electron chi connectivity index (χ0n) is 14.5. The first-order valence-corrected chi connectivity index (χ1v) is 9.02. The molecule has 3 heterocycles. The van der Waals surface area contributed by atoms with Gasteiger partial charge >= 0.3 is 0 Å². The van der Waals surface area contributed by atoms with Crippen LogP contribution in [0.1, 0.15) is 23.6 Å². The predicted molar refractivity (Wildman–Crippen MR) is 96.2 cm³/mol. The van der Waals surface area contributed by atoms with Crippen LogP contribution in [0.25, 0.3) is 0 Å². The fraction of sp³-hybridized carbons (Fsp3) is 0.400. The molecule has 0 saturated carbocycles. The molecule has 136 valence electrons. The first kappa shape index (κ1) is 17.0. The van der Waals surface area contributed by atoms with E-state index < -0.39 is 0 Å². The number of hydrogen-bond acceptors (Lipinski definition) is 3. The zero-order chi connectivity index (χ0) is 18.1. The Morgan fingerprint density at radius 1 is 1.12 bits per heavy atom. The Balaban J connectivity index is 1.36. The topological polar surface area (TPSA) is 54.3 Å². The van der Waals surface area contributed by atoms with Crippen LogP contribution >= 0.6 is 0 Å². The number of aromatic nitrogens is 1. The lowest BCUT2D eigenvalue weighted by Crippen LogP contribution is -2.49. The monoisotopic (exact) mass is 355 g/mol. The molecule has 5 nitrogen and oxygen atoms in total. The van der Waals surface area contributed by atoms with Gasteiger partial charge in [0.05, 0.1) is 6.54 Å². The third kappa shape index (κ3) is 3.55. The second-order valence-corrected chi connectivity index (χ2v) is 7.30. The summed E-state index contributed by atoms with van der Waals surface area (Å²) < 4.78 is 14.8. The Bertz CT molecular complexity index is 862. The van der Waals surface area contributed by atoms with E-state index in [2.05, 4.69) is 10.2 Å². The van der Waals surface area contributed by atoms with Crippen molar-refractivity contribution in [1.29, 1.82) is 0 Å². The summed E-state index contributed by atoms with van der Waals surface area (Å²) in [6.07, 6.45) is 1.08. The number of carbonyl (C=O) groups excluding carboxylic acids is 1. The van der Waals surface area contributed by atoms with Gasteiger partial charge in [-0.2, -0.15) is 0 Å². The van der Waals surface area contributed by atoms with Crippen LogP contribution in [0.4, 0.5) is 4.39 Å². The molecule has 26 heavy (non-hydrogen) atoms. The molecular weight excluding hydrogens is 333 g/mol. The third-order valence-electron chi connectivity index (χ3n) is 5.33. The smallest absolute Gasteiger partial charge is 0.250 e. The minimum atomic E-state index is -0.278. The van der Waals surface area contributed by atoms with Crippen molar-refractivity contribution >= 4 is 5.91 Å². The highest BCUT2D eigenvalue weighted by molar-refractivity contribution is 5.78. The Hall–Kier alpha value is -2.47. The van der Waals surface area contributed by atoms with E-state index in [1.165, 1.54) is 12.1 Å². The van der Waals surface area contributed by atoms with Crippen molar-refractivity contribution in [2.75, 3.05) is 19.6 Å². The van der Waals surface area contributed by atoms with Gasteiger partial charge in [-0.05, 0) is 36.1 Å². The quantitative estimate of drug-likeness (QED) is 0.909. The molecule has 0 spiro atoms. The average molecular weight is 355 g/mol. The van der Waals surface area contributed by atoms with Crippen molar-refractivity contribution in [2.45, 2.75) is 25.4 Å². The molecule has 2 aliphatic rings. The standard InChI is InChI=1S/C20H22FN3O2/c21-17-6-4-14(5-7-17)9-22-19(25)13-23-10-15-8-16(12-23)18-2-1-3-20(26)24(18)11-15/h1-7,15-16H,8-13H2,(H,22,25). The molecule has 2 aliphatic heterocycles.